The zero-order valence-corrected chi connectivity index (χ0v) is 11.2. The lowest BCUT2D eigenvalue weighted by atomic mass is 10.2. The number of fused-ring (bicyclic) bond motifs is 1. The topological polar surface area (TPSA) is 91.4 Å². The average Bonchev–Trinajstić information content (AvgIpc) is 2.39. The molecule has 0 spiro atoms. The Bertz CT molecular complexity index is 717. The van der Waals surface area contributed by atoms with E-state index in [9.17, 15) is 4.79 Å². The van der Waals surface area contributed by atoms with Crippen LogP contribution in [0.3, 0.4) is 0 Å². The molecule has 0 aliphatic heterocycles. The molecule has 0 amide bonds. The maximum atomic E-state index is 11.6. The van der Waals surface area contributed by atoms with Crippen LogP contribution in [0, 0.1) is 0 Å². The molecule has 1 aromatic carbocycles. The molecule has 0 aliphatic carbocycles. The lowest BCUT2D eigenvalue weighted by Crippen LogP contribution is -2.19. The first-order valence-corrected chi connectivity index (χ1v) is 6.00. The van der Waals surface area contributed by atoms with Crippen molar-refractivity contribution < 1.29 is 9.15 Å². The molecule has 0 saturated carbocycles. The van der Waals surface area contributed by atoms with E-state index in [2.05, 4.69) is 10.0 Å². The maximum absolute atomic E-state index is 11.6. The quantitative estimate of drug-likeness (QED) is 0.362. The molecule has 20 heavy (non-hydrogen) atoms. The lowest BCUT2D eigenvalue weighted by molar-refractivity contribution is 0.261. The van der Waals surface area contributed by atoms with Gasteiger partial charge in [-0.05, 0) is 37.8 Å². The molecule has 0 bridgehead atoms. The normalized spacial score (nSPS) is 10.6. The summed E-state index contributed by atoms with van der Waals surface area (Å²) in [7, 11) is 3.92. The van der Waals surface area contributed by atoms with E-state index in [1.807, 2.05) is 19.0 Å². The van der Waals surface area contributed by atoms with Crippen LogP contribution in [0.2, 0.25) is 0 Å². The van der Waals surface area contributed by atoms with Gasteiger partial charge in [-0.1, -0.05) is 5.11 Å². The molecular formula is C13H14N4O3. The summed E-state index contributed by atoms with van der Waals surface area (Å²) in [5, 5.41) is 3.96. The summed E-state index contributed by atoms with van der Waals surface area (Å²) in [4.78, 5) is 16.1. The Kier molecular flexibility index (Phi) is 4.24. The highest BCUT2D eigenvalue weighted by Crippen LogP contribution is 2.22. The number of ether oxygens (including phenoxy) is 1. The lowest BCUT2D eigenvalue weighted by Gasteiger charge is -2.11. The molecule has 2 rings (SSSR count). The highest BCUT2D eigenvalue weighted by atomic mass is 16.5. The molecule has 7 nitrogen and oxygen atoms in total. The van der Waals surface area contributed by atoms with Crippen molar-refractivity contribution in [2.45, 2.75) is 0 Å². The second kappa shape index (κ2) is 6.10. The first kappa shape index (κ1) is 13.9. The van der Waals surface area contributed by atoms with Crippen molar-refractivity contribution in [2.75, 3.05) is 27.2 Å². The van der Waals surface area contributed by atoms with Crippen LogP contribution in [-0.4, -0.2) is 32.1 Å². The Balaban J connectivity index is 2.28. The van der Waals surface area contributed by atoms with Gasteiger partial charge in [0.2, 0.25) is 0 Å². The van der Waals surface area contributed by atoms with Crippen LogP contribution in [-0.2, 0) is 0 Å². The third kappa shape index (κ3) is 3.28. The SMILES string of the molecule is CN(C)CCOc1ccc2cc(N=[N+]=[N-])c(=O)oc2c1. The van der Waals surface area contributed by atoms with E-state index in [4.69, 9.17) is 14.7 Å². The number of benzene rings is 1. The van der Waals surface area contributed by atoms with Crippen molar-refractivity contribution in [3.63, 3.8) is 0 Å². The maximum Gasteiger partial charge on any atom is 0.345 e. The van der Waals surface area contributed by atoms with E-state index < -0.39 is 5.63 Å². The molecule has 0 radical (unpaired) electrons. The van der Waals surface area contributed by atoms with E-state index in [1.165, 1.54) is 6.07 Å². The Labute approximate surface area is 115 Å². The van der Waals surface area contributed by atoms with Crippen LogP contribution < -0.4 is 10.4 Å². The predicted octanol–water partition coefficient (Wildman–Crippen LogP) is 2.68. The summed E-state index contributed by atoms with van der Waals surface area (Å²) < 4.78 is 10.7. The second-order valence-corrected chi connectivity index (χ2v) is 4.46. The molecule has 0 N–H and O–H groups in total. The number of likely N-dealkylation sites (N-methyl/N-ethyl adjacent to an activating group) is 1. The van der Waals surface area contributed by atoms with Gasteiger partial charge in [-0.25, -0.2) is 4.79 Å². The minimum Gasteiger partial charge on any atom is -0.492 e. The van der Waals surface area contributed by atoms with Crippen LogP contribution in [0.15, 0.2) is 38.6 Å². The number of rotatable bonds is 5. The van der Waals surface area contributed by atoms with Crippen molar-refractivity contribution in [3.8, 4) is 5.75 Å². The average molecular weight is 274 g/mol. The van der Waals surface area contributed by atoms with E-state index in [0.717, 1.165) is 6.54 Å². The first-order valence-electron chi connectivity index (χ1n) is 6.00. The predicted molar refractivity (Wildman–Crippen MR) is 75.3 cm³/mol. The van der Waals surface area contributed by atoms with Gasteiger partial charge in [0.25, 0.3) is 0 Å². The second-order valence-electron chi connectivity index (χ2n) is 4.46. The van der Waals surface area contributed by atoms with Crippen molar-refractivity contribution >= 4 is 16.7 Å². The van der Waals surface area contributed by atoms with Gasteiger partial charge < -0.3 is 14.1 Å². The van der Waals surface area contributed by atoms with E-state index in [-0.39, 0.29) is 5.69 Å². The highest BCUT2D eigenvalue weighted by molar-refractivity contribution is 5.80. The van der Waals surface area contributed by atoms with Gasteiger partial charge in [0.05, 0.1) is 0 Å². The van der Waals surface area contributed by atoms with Gasteiger partial charge in [-0.2, -0.15) is 0 Å². The fourth-order valence-electron chi connectivity index (χ4n) is 1.63. The minimum absolute atomic E-state index is 0.0544. The molecule has 0 atom stereocenters. The number of hydrogen-bond acceptors (Lipinski definition) is 5. The number of nitrogens with zero attached hydrogens (tertiary/aromatic N) is 4. The zero-order chi connectivity index (χ0) is 14.5. The molecule has 0 aliphatic rings. The zero-order valence-electron chi connectivity index (χ0n) is 11.2. The molecule has 7 heteroatoms. The molecule has 1 aromatic heterocycles. The summed E-state index contributed by atoms with van der Waals surface area (Å²) in [6, 6.07) is 6.66. The fourth-order valence-corrected chi connectivity index (χ4v) is 1.63. The third-order valence-electron chi connectivity index (χ3n) is 2.65. The largest absolute Gasteiger partial charge is 0.492 e. The molecule has 2 aromatic rings. The van der Waals surface area contributed by atoms with Gasteiger partial charge >= 0.3 is 5.63 Å². The van der Waals surface area contributed by atoms with Crippen LogP contribution >= 0.6 is 0 Å². The van der Waals surface area contributed by atoms with Gasteiger partial charge in [0.1, 0.15) is 23.6 Å². The van der Waals surface area contributed by atoms with E-state index in [0.29, 0.717) is 23.3 Å². The van der Waals surface area contributed by atoms with Gasteiger partial charge in [-0.15, -0.1) is 0 Å². The molecular weight excluding hydrogens is 260 g/mol. The molecule has 0 fully saturated rings. The van der Waals surface area contributed by atoms with Gasteiger partial charge in [0.15, 0.2) is 0 Å². The summed E-state index contributed by atoms with van der Waals surface area (Å²) in [6.45, 7) is 1.33. The molecule has 104 valence electrons. The Hall–Kier alpha value is -2.50. The van der Waals surface area contributed by atoms with Crippen LogP contribution in [0.5, 0.6) is 5.75 Å². The summed E-state index contributed by atoms with van der Waals surface area (Å²) in [5.74, 6) is 0.624. The fraction of sp³-hybridized carbons (Fsp3) is 0.308. The Morgan fingerprint density at radius 2 is 2.20 bits per heavy atom. The molecule has 0 unspecified atom stereocenters. The van der Waals surface area contributed by atoms with Crippen LogP contribution in [0.25, 0.3) is 21.4 Å². The van der Waals surface area contributed by atoms with Gasteiger partial charge in [0, 0.05) is 22.9 Å². The standard InChI is InChI=1S/C13H14N4O3/c1-17(2)5-6-19-10-4-3-9-7-11(15-16-14)13(18)20-12(9)8-10/h3-4,7-8H,5-6H2,1-2H3. The minimum atomic E-state index is -0.666. The summed E-state index contributed by atoms with van der Waals surface area (Å²) in [5.41, 5.74) is 8.03. The van der Waals surface area contributed by atoms with E-state index in [1.54, 1.807) is 18.2 Å². The van der Waals surface area contributed by atoms with Crippen molar-refractivity contribution in [2.24, 2.45) is 5.11 Å². The number of hydrogen-bond donors (Lipinski definition) is 0. The van der Waals surface area contributed by atoms with Crippen LogP contribution in [0.1, 0.15) is 0 Å². The first-order chi connectivity index (χ1) is 9.60. The van der Waals surface area contributed by atoms with Crippen molar-refractivity contribution in [1.29, 1.82) is 0 Å². The van der Waals surface area contributed by atoms with Crippen molar-refractivity contribution in [1.82, 2.24) is 4.90 Å². The van der Waals surface area contributed by atoms with E-state index >= 15 is 0 Å². The highest BCUT2D eigenvalue weighted by Gasteiger charge is 2.05. The third-order valence-corrected chi connectivity index (χ3v) is 2.65. The molecule has 1 heterocycles. The summed E-state index contributed by atoms with van der Waals surface area (Å²) >= 11 is 0. The van der Waals surface area contributed by atoms with Crippen LogP contribution in [0.4, 0.5) is 5.69 Å². The Morgan fingerprint density at radius 1 is 1.40 bits per heavy atom. The Morgan fingerprint density at radius 3 is 2.90 bits per heavy atom. The number of azide groups is 1. The summed E-state index contributed by atoms with van der Waals surface area (Å²) in [6.07, 6.45) is 0. The molecule has 0 saturated heterocycles. The van der Waals surface area contributed by atoms with Crippen molar-refractivity contribution in [3.05, 3.63) is 45.1 Å². The smallest absolute Gasteiger partial charge is 0.345 e. The monoisotopic (exact) mass is 274 g/mol. The van der Waals surface area contributed by atoms with Gasteiger partial charge in [-0.3, -0.25) is 0 Å².